The second kappa shape index (κ2) is 10.7. The monoisotopic (exact) mass is 571 g/mol. The number of rotatable bonds is 8. The van der Waals surface area contributed by atoms with E-state index in [9.17, 15) is 18.4 Å². The molecule has 1 aliphatic heterocycles. The van der Waals surface area contributed by atoms with Crippen molar-refractivity contribution in [3.05, 3.63) is 32.8 Å². The Balaban J connectivity index is 1.48. The molecule has 1 saturated heterocycles. The molecule has 3 aromatic heterocycles. The number of thiophene rings is 1. The van der Waals surface area contributed by atoms with Crippen LogP contribution in [0.15, 0.2) is 23.1 Å². The van der Waals surface area contributed by atoms with Crippen LogP contribution in [0.2, 0.25) is 0 Å². The van der Waals surface area contributed by atoms with Crippen LogP contribution in [0.3, 0.4) is 0 Å². The molecule has 35 heavy (non-hydrogen) atoms. The van der Waals surface area contributed by atoms with Crippen molar-refractivity contribution in [2.45, 2.75) is 32.2 Å². The maximum Gasteiger partial charge on any atom is 0.272 e. The van der Waals surface area contributed by atoms with Crippen LogP contribution in [0.25, 0.3) is 5.52 Å². The number of ether oxygens (including phenoxy) is 1. The number of anilines is 2. The third-order valence-electron chi connectivity index (χ3n) is 5.49. The molecule has 0 unspecified atom stereocenters. The number of halogens is 3. The minimum atomic E-state index is -2.72. The first-order chi connectivity index (χ1) is 16.7. The van der Waals surface area contributed by atoms with Crippen LogP contribution >= 0.6 is 27.3 Å². The van der Waals surface area contributed by atoms with Gasteiger partial charge in [0.2, 0.25) is 5.91 Å². The fraction of sp³-hybridized carbons (Fsp3) is 0.429. The Kier molecular flexibility index (Phi) is 7.69. The first-order valence-electron chi connectivity index (χ1n) is 10.9. The number of nitrogens with two attached hydrogens (primary N) is 1. The van der Waals surface area contributed by atoms with E-state index in [0.717, 1.165) is 29.7 Å². The lowest BCUT2D eigenvalue weighted by atomic mass is 10.0. The molecule has 0 aliphatic carbocycles. The summed E-state index contributed by atoms with van der Waals surface area (Å²) in [5.74, 6) is -0.295. The topological polar surface area (TPSA) is 127 Å². The van der Waals surface area contributed by atoms with Crippen molar-refractivity contribution < 1.29 is 23.1 Å². The molecule has 0 saturated carbocycles. The maximum absolute atomic E-state index is 13.3. The fourth-order valence-electron chi connectivity index (χ4n) is 3.97. The summed E-state index contributed by atoms with van der Waals surface area (Å²) in [4.78, 5) is 30.1. The van der Waals surface area contributed by atoms with Crippen molar-refractivity contribution in [1.82, 2.24) is 25.2 Å². The number of hydrogen-bond donors (Lipinski definition) is 3. The number of nitrogens with zero attached hydrogens (tertiary/aromatic N) is 4. The van der Waals surface area contributed by atoms with Gasteiger partial charge in [0.15, 0.2) is 5.82 Å². The fourth-order valence-corrected chi connectivity index (χ4v) is 5.32. The summed E-state index contributed by atoms with van der Waals surface area (Å²) in [6.45, 7) is 2.86. The average Bonchev–Trinajstić information content (AvgIpc) is 3.39. The van der Waals surface area contributed by atoms with Gasteiger partial charge < -0.3 is 26.0 Å². The highest BCUT2D eigenvalue weighted by Crippen LogP contribution is 2.36. The molecular weight excluding hydrogens is 548 g/mol. The molecular formula is C21H24BrF2N7O3S. The summed E-state index contributed by atoms with van der Waals surface area (Å²) in [5.41, 5.74) is 7.60. The summed E-state index contributed by atoms with van der Waals surface area (Å²) in [7, 11) is 0. The SMILES string of the molecule is CC(=O)NCCOc1cc(C(F)F)sc1C(=O)N[C@@H]1CCCN(c2cc(Br)n3ncnc(N)c23)C1. The molecule has 4 heterocycles. The third kappa shape index (κ3) is 5.64. The Bertz CT molecular complexity index is 1240. The van der Waals surface area contributed by atoms with Crippen LogP contribution in [0, 0.1) is 0 Å². The predicted octanol–water partition coefficient (Wildman–Crippen LogP) is 2.99. The van der Waals surface area contributed by atoms with Gasteiger partial charge in [-0.3, -0.25) is 9.59 Å². The number of carbonyl (C=O) groups excluding carboxylic acids is 2. The van der Waals surface area contributed by atoms with Crippen molar-refractivity contribution in [3.63, 3.8) is 0 Å². The highest BCUT2D eigenvalue weighted by molar-refractivity contribution is 9.10. The minimum absolute atomic E-state index is 0.0522. The molecule has 0 radical (unpaired) electrons. The summed E-state index contributed by atoms with van der Waals surface area (Å²) < 4.78 is 34.5. The lowest BCUT2D eigenvalue weighted by Gasteiger charge is -2.34. The summed E-state index contributed by atoms with van der Waals surface area (Å²) in [5, 5.41) is 9.74. The smallest absolute Gasteiger partial charge is 0.272 e. The standard InChI is InChI=1S/C21H24BrF2N7O3S/c1-11(32)26-4-6-34-14-8-15(19(23)24)35-18(14)21(33)29-12-3-2-5-30(9-12)13-7-16(22)31-17(13)20(25)27-10-28-31/h7-8,10,12,19H,2-6,9H2,1H3,(H,26,32)(H,29,33)(H2,25,27,28)/t12-/m1/s1. The third-order valence-corrected chi connectivity index (χ3v) is 7.18. The molecule has 1 atom stereocenters. The van der Waals surface area contributed by atoms with Crippen molar-refractivity contribution in [2.75, 3.05) is 36.9 Å². The van der Waals surface area contributed by atoms with Gasteiger partial charge in [0.25, 0.3) is 12.3 Å². The van der Waals surface area contributed by atoms with E-state index in [4.69, 9.17) is 10.5 Å². The number of piperidine rings is 1. The first-order valence-corrected chi connectivity index (χ1v) is 12.5. The van der Waals surface area contributed by atoms with Gasteiger partial charge >= 0.3 is 0 Å². The van der Waals surface area contributed by atoms with Crippen molar-refractivity contribution >= 4 is 56.1 Å². The van der Waals surface area contributed by atoms with Gasteiger partial charge in [-0.1, -0.05) is 0 Å². The number of hydrogen-bond acceptors (Lipinski definition) is 8. The van der Waals surface area contributed by atoms with Crippen molar-refractivity contribution in [2.24, 2.45) is 0 Å². The Morgan fingerprint density at radius 3 is 2.94 bits per heavy atom. The zero-order valence-corrected chi connectivity index (χ0v) is 21.2. The Hall–Kier alpha value is -3.00. The van der Waals surface area contributed by atoms with E-state index in [-0.39, 0.29) is 40.6 Å². The Morgan fingerprint density at radius 1 is 1.40 bits per heavy atom. The molecule has 14 heteroatoms. The molecule has 0 bridgehead atoms. The summed E-state index contributed by atoms with van der Waals surface area (Å²) in [6, 6.07) is 2.86. The largest absolute Gasteiger partial charge is 0.490 e. The highest BCUT2D eigenvalue weighted by atomic mass is 79.9. The maximum atomic E-state index is 13.3. The van der Waals surface area contributed by atoms with E-state index >= 15 is 0 Å². The molecule has 1 aliphatic rings. The lowest BCUT2D eigenvalue weighted by Crippen LogP contribution is -2.47. The van der Waals surface area contributed by atoms with E-state index in [1.54, 1.807) is 4.52 Å². The number of aromatic nitrogens is 3. The highest BCUT2D eigenvalue weighted by Gasteiger charge is 2.28. The normalized spacial score (nSPS) is 16.0. The van der Waals surface area contributed by atoms with Gasteiger partial charge in [-0.25, -0.2) is 18.3 Å². The molecule has 2 amide bonds. The average molecular weight is 572 g/mol. The lowest BCUT2D eigenvalue weighted by molar-refractivity contribution is -0.119. The summed E-state index contributed by atoms with van der Waals surface area (Å²) >= 11 is 4.19. The molecule has 188 valence electrons. The zero-order chi connectivity index (χ0) is 25.1. The van der Waals surface area contributed by atoms with Crippen LogP contribution in [0.1, 0.15) is 40.7 Å². The van der Waals surface area contributed by atoms with Gasteiger partial charge in [0.1, 0.15) is 33.7 Å². The number of nitrogens with one attached hydrogen (secondary N) is 2. The number of nitrogen functional groups attached to an aromatic ring is 1. The Labute approximate surface area is 211 Å². The van der Waals surface area contributed by atoms with Crippen molar-refractivity contribution in [3.8, 4) is 5.75 Å². The second-order valence-electron chi connectivity index (χ2n) is 7.99. The summed E-state index contributed by atoms with van der Waals surface area (Å²) in [6.07, 6.45) is 0.187. The van der Waals surface area contributed by atoms with Crippen LogP contribution in [0.5, 0.6) is 5.75 Å². The van der Waals surface area contributed by atoms with Gasteiger partial charge in [-0.05, 0) is 34.8 Å². The van der Waals surface area contributed by atoms with Crippen LogP contribution in [-0.2, 0) is 4.79 Å². The molecule has 3 aromatic rings. The van der Waals surface area contributed by atoms with E-state index < -0.39 is 12.3 Å². The zero-order valence-electron chi connectivity index (χ0n) is 18.8. The van der Waals surface area contributed by atoms with Gasteiger partial charge in [-0.15, -0.1) is 11.3 Å². The first kappa shape index (κ1) is 25.1. The van der Waals surface area contributed by atoms with Gasteiger partial charge in [0, 0.05) is 32.1 Å². The molecule has 10 nitrogen and oxygen atoms in total. The van der Waals surface area contributed by atoms with E-state index in [1.807, 2.05) is 6.07 Å². The molecule has 0 spiro atoms. The molecule has 4 N–H and O–H groups in total. The number of carbonyl (C=O) groups is 2. The van der Waals surface area contributed by atoms with E-state index in [2.05, 4.69) is 41.5 Å². The van der Waals surface area contributed by atoms with Crippen LogP contribution < -0.4 is 26.0 Å². The van der Waals surface area contributed by atoms with Crippen LogP contribution in [-0.4, -0.2) is 58.7 Å². The number of fused-ring (bicyclic) bond motifs is 1. The second-order valence-corrected chi connectivity index (χ2v) is 9.89. The minimum Gasteiger partial charge on any atom is -0.490 e. The van der Waals surface area contributed by atoms with E-state index in [1.165, 1.54) is 19.3 Å². The Morgan fingerprint density at radius 2 is 2.20 bits per heavy atom. The van der Waals surface area contributed by atoms with E-state index in [0.29, 0.717) is 29.2 Å². The molecule has 0 aromatic carbocycles. The number of amides is 2. The van der Waals surface area contributed by atoms with Crippen LogP contribution in [0.4, 0.5) is 20.3 Å². The predicted molar refractivity (Wildman–Crippen MR) is 131 cm³/mol. The quantitative estimate of drug-likeness (QED) is 0.355. The molecule has 4 rings (SSSR count). The number of alkyl halides is 2. The molecule has 1 fully saturated rings. The van der Waals surface area contributed by atoms with Gasteiger partial charge in [-0.2, -0.15) is 5.10 Å². The van der Waals surface area contributed by atoms with Gasteiger partial charge in [0.05, 0.1) is 17.1 Å². The van der Waals surface area contributed by atoms with Crippen molar-refractivity contribution in [1.29, 1.82) is 0 Å².